The van der Waals surface area contributed by atoms with Crippen LogP contribution in [0, 0.1) is 0 Å². The van der Waals surface area contributed by atoms with Crippen LogP contribution in [0.1, 0.15) is 33.5 Å². The molecular formula is C24H19F6N3O3S. The van der Waals surface area contributed by atoms with Gasteiger partial charge in [0.2, 0.25) is 11.0 Å². The molecule has 2 heterocycles. The lowest BCUT2D eigenvalue weighted by Crippen LogP contribution is -2.35. The highest BCUT2D eigenvalue weighted by molar-refractivity contribution is 7.84. The smallest absolute Gasteiger partial charge is 0.416 e. The first-order valence-corrected chi connectivity index (χ1v) is 12.4. The molecule has 0 aliphatic carbocycles. The molecule has 13 heteroatoms. The monoisotopic (exact) mass is 543 g/mol. The summed E-state index contributed by atoms with van der Waals surface area (Å²) in [5, 5.41) is -0.0924. The Hall–Kier alpha value is -3.48. The van der Waals surface area contributed by atoms with Crippen LogP contribution in [0.25, 0.3) is 11.3 Å². The molecule has 0 fully saturated rings. The first kappa shape index (κ1) is 26.6. The number of nitrogens with zero attached hydrogens (tertiary/aromatic N) is 3. The van der Waals surface area contributed by atoms with Crippen LogP contribution in [0.15, 0.2) is 53.7 Å². The third-order valence-corrected chi connectivity index (χ3v) is 6.19. The number of aromatic nitrogens is 2. The molecule has 1 atom stereocenters. The maximum atomic E-state index is 13.7. The van der Waals surface area contributed by atoms with Crippen LogP contribution < -0.4 is 4.74 Å². The molecule has 0 radical (unpaired) electrons. The van der Waals surface area contributed by atoms with Gasteiger partial charge >= 0.3 is 12.4 Å². The van der Waals surface area contributed by atoms with Gasteiger partial charge in [0.25, 0.3) is 5.91 Å². The van der Waals surface area contributed by atoms with E-state index in [1.807, 2.05) is 0 Å². The summed E-state index contributed by atoms with van der Waals surface area (Å²) in [6.45, 7) is -0.485. The maximum absolute atomic E-state index is 13.7. The van der Waals surface area contributed by atoms with Crippen molar-refractivity contribution in [2.45, 2.75) is 30.5 Å². The Kier molecular flexibility index (Phi) is 7.27. The zero-order chi connectivity index (χ0) is 27.0. The largest absolute Gasteiger partial charge is 0.477 e. The van der Waals surface area contributed by atoms with Crippen LogP contribution in [0.5, 0.6) is 5.88 Å². The van der Waals surface area contributed by atoms with Crippen molar-refractivity contribution in [3.8, 4) is 17.1 Å². The maximum Gasteiger partial charge on any atom is 0.416 e. The zero-order valence-electron chi connectivity index (χ0n) is 19.2. The van der Waals surface area contributed by atoms with E-state index >= 15 is 0 Å². The van der Waals surface area contributed by atoms with Gasteiger partial charge in [-0.2, -0.15) is 31.3 Å². The highest BCUT2D eigenvalue weighted by Gasteiger charge is 2.37. The van der Waals surface area contributed by atoms with Crippen molar-refractivity contribution in [1.29, 1.82) is 0 Å². The third-order valence-electron chi connectivity index (χ3n) is 5.49. The number of halogens is 6. The van der Waals surface area contributed by atoms with Crippen LogP contribution in [0.3, 0.4) is 0 Å². The molecular weight excluding hydrogens is 524 g/mol. The number of carbonyl (C=O) groups excluding carboxylic acids is 1. The Morgan fingerprint density at radius 2 is 1.59 bits per heavy atom. The predicted octanol–water partition coefficient (Wildman–Crippen LogP) is 5.34. The summed E-state index contributed by atoms with van der Waals surface area (Å²) in [4.78, 5) is 23.2. The number of benzene rings is 2. The minimum Gasteiger partial charge on any atom is -0.477 e. The lowest BCUT2D eigenvalue weighted by atomic mass is 10.0. The SMILES string of the molecule is CS(=O)c1nc2c(c(-c3ccccc3)n1)C(=O)N(Cc1cc(C(F)(F)F)cc(C(F)(F)F)c1)CCCO2. The summed E-state index contributed by atoms with van der Waals surface area (Å²) < 4.78 is 97.8. The van der Waals surface area contributed by atoms with Gasteiger partial charge in [0.15, 0.2) is 0 Å². The number of amides is 1. The summed E-state index contributed by atoms with van der Waals surface area (Å²) in [6.07, 6.45) is -8.46. The molecule has 1 unspecified atom stereocenters. The van der Waals surface area contributed by atoms with Gasteiger partial charge in [0, 0.05) is 24.9 Å². The van der Waals surface area contributed by atoms with Crippen LogP contribution in [0.4, 0.5) is 26.3 Å². The van der Waals surface area contributed by atoms with E-state index in [1.165, 1.54) is 6.26 Å². The number of fused-ring (bicyclic) bond motifs is 1. The van der Waals surface area contributed by atoms with Gasteiger partial charge in [0.1, 0.15) is 5.56 Å². The highest BCUT2D eigenvalue weighted by Crippen LogP contribution is 2.37. The first-order valence-electron chi connectivity index (χ1n) is 10.9. The second kappa shape index (κ2) is 10.1. The van der Waals surface area contributed by atoms with E-state index in [1.54, 1.807) is 30.3 Å². The van der Waals surface area contributed by atoms with E-state index in [4.69, 9.17) is 4.74 Å². The van der Waals surface area contributed by atoms with Gasteiger partial charge in [-0.05, 0) is 30.2 Å². The Morgan fingerprint density at radius 1 is 0.973 bits per heavy atom. The number of hydrogen-bond donors (Lipinski definition) is 0. The van der Waals surface area contributed by atoms with Crippen LogP contribution >= 0.6 is 0 Å². The van der Waals surface area contributed by atoms with E-state index in [-0.39, 0.29) is 53.5 Å². The fourth-order valence-corrected chi connectivity index (χ4v) is 4.25. The van der Waals surface area contributed by atoms with Gasteiger partial charge < -0.3 is 9.64 Å². The van der Waals surface area contributed by atoms with Crippen molar-refractivity contribution in [1.82, 2.24) is 14.9 Å². The van der Waals surface area contributed by atoms with Crippen molar-refractivity contribution in [2.24, 2.45) is 0 Å². The Morgan fingerprint density at radius 3 is 2.16 bits per heavy atom. The lowest BCUT2D eigenvalue weighted by molar-refractivity contribution is -0.143. The molecule has 1 aromatic heterocycles. The van der Waals surface area contributed by atoms with Crippen LogP contribution in [-0.4, -0.2) is 44.4 Å². The van der Waals surface area contributed by atoms with Gasteiger partial charge in [-0.1, -0.05) is 30.3 Å². The van der Waals surface area contributed by atoms with E-state index in [9.17, 15) is 35.3 Å². The second-order valence-electron chi connectivity index (χ2n) is 8.20. The van der Waals surface area contributed by atoms with Crippen LogP contribution in [-0.2, 0) is 29.7 Å². The molecule has 0 saturated heterocycles. The van der Waals surface area contributed by atoms with Crippen molar-refractivity contribution in [2.75, 3.05) is 19.4 Å². The Labute approximate surface area is 209 Å². The average Bonchev–Trinajstić information content (AvgIpc) is 2.83. The number of carbonyl (C=O) groups is 1. The quantitative estimate of drug-likeness (QED) is 0.328. The summed E-state index contributed by atoms with van der Waals surface area (Å²) >= 11 is 0. The minimum atomic E-state index is -5.02. The molecule has 1 amide bonds. The molecule has 1 aliphatic rings. The van der Waals surface area contributed by atoms with E-state index in [0.717, 1.165) is 4.90 Å². The van der Waals surface area contributed by atoms with Crippen molar-refractivity contribution >= 4 is 16.7 Å². The van der Waals surface area contributed by atoms with E-state index in [0.29, 0.717) is 17.7 Å². The summed E-state index contributed by atoms with van der Waals surface area (Å²) in [7, 11) is -1.64. The fraction of sp³-hybridized carbons (Fsp3) is 0.292. The first-order chi connectivity index (χ1) is 17.3. The van der Waals surface area contributed by atoms with Crippen molar-refractivity contribution in [3.05, 3.63) is 70.8 Å². The van der Waals surface area contributed by atoms with Gasteiger partial charge in [-0.3, -0.25) is 9.00 Å². The Balaban J connectivity index is 1.82. The fourth-order valence-electron chi connectivity index (χ4n) is 3.82. The molecule has 37 heavy (non-hydrogen) atoms. The second-order valence-corrected chi connectivity index (χ2v) is 9.47. The van der Waals surface area contributed by atoms with Crippen molar-refractivity contribution in [3.63, 3.8) is 0 Å². The molecule has 3 aromatic rings. The van der Waals surface area contributed by atoms with Crippen LogP contribution in [0.2, 0.25) is 0 Å². The van der Waals surface area contributed by atoms with Gasteiger partial charge in [-0.15, -0.1) is 0 Å². The van der Waals surface area contributed by atoms with Gasteiger partial charge in [-0.25, -0.2) is 4.98 Å². The molecule has 0 saturated carbocycles. The summed E-state index contributed by atoms with van der Waals surface area (Å²) in [5.74, 6) is -0.901. The number of ether oxygens (including phenoxy) is 1. The molecule has 0 spiro atoms. The number of alkyl halides is 6. The average molecular weight is 543 g/mol. The molecule has 0 bridgehead atoms. The molecule has 0 N–H and O–H groups in total. The van der Waals surface area contributed by atoms with E-state index in [2.05, 4.69) is 9.97 Å². The number of rotatable bonds is 4. The number of hydrogen-bond acceptors (Lipinski definition) is 5. The predicted molar refractivity (Wildman–Crippen MR) is 121 cm³/mol. The lowest BCUT2D eigenvalue weighted by Gasteiger charge is -2.28. The zero-order valence-corrected chi connectivity index (χ0v) is 20.0. The molecule has 196 valence electrons. The molecule has 4 rings (SSSR count). The highest BCUT2D eigenvalue weighted by atomic mass is 32.2. The molecule has 2 aromatic carbocycles. The standard InChI is InChI=1S/C24H19F6N3O3S/c1-37(35)22-31-19(15-6-3-2-4-7-15)18-20(32-22)36-9-5-8-33(21(18)34)13-14-10-16(23(25,26)27)12-17(11-14)24(28,29)30/h2-4,6-7,10-12H,5,8-9,13H2,1H3. The summed E-state index contributed by atoms with van der Waals surface area (Å²) in [5.41, 5.74) is -2.85. The summed E-state index contributed by atoms with van der Waals surface area (Å²) in [6, 6.07) is 9.60. The molecule has 6 nitrogen and oxygen atoms in total. The molecule has 1 aliphatic heterocycles. The van der Waals surface area contributed by atoms with Gasteiger partial charge in [0.05, 0.1) is 34.2 Å². The Bertz CT molecular complexity index is 1310. The topological polar surface area (TPSA) is 72.4 Å². The minimum absolute atomic E-state index is 0.00837. The normalized spacial score (nSPS) is 15.4. The van der Waals surface area contributed by atoms with Crippen molar-refractivity contribution < 1.29 is 40.1 Å². The third kappa shape index (κ3) is 5.92. The van der Waals surface area contributed by atoms with E-state index < -0.39 is 46.7 Å².